The van der Waals surface area contributed by atoms with Crippen LogP contribution in [0.15, 0.2) is 17.0 Å². The highest BCUT2D eigenvalue weighted by Gasteiger charge is 2.32. The van der Waals surface area contributed by atoms with Crippen LogP contribution in [-0.4, -0.2) is 44.3 Å². The summed E-state index contributed by atoms with van der Waals surface area (Å²) in [4.78, 5) is 9.86. The second-order valence-electron chi connectivity index (χ2n) is 5.74. The van der Waals surface area contributed by atoms with Gasteiger partial charge in [-0.3, -0.25) is 10.1 Å². The number of nitro benzene ring substituents is 1. The summed E-state index contributed by atoms with van der Waals surface area (Å²) in [6, 6.07) is 1.80. The Kier molecular flexibility index (Phi) is 7.09. The van der Waals surface area contributed by atoms with Crippen molar-refractivity contribution in [3.63, 3.8) is 0 Å². The Hall–Kier alpha value is -1.29. The monoisotopic (exact) mass is 381 g/mol. The third kappa shape index (κ3) is 4.21. The summed E-state index contributed by atoms with van der Waals surface area (Å²) >= 11 is 0. The molecule has 1 aliphatic rings. The average Bonchev–Trinajstić information content (AvgIpc) is 2.50. The summed E-state index contributed by atoms with van der Waals surface area (Å²) in [5.41, 5.74) is -0.687. The molecule has 1 aromatic carbocycles. The smallest absolute Gasteiger partial charge is 0.276 e. The highest BCUT2D eigenvalue weighted by atomic mass is 35.5. The van der Waals surface area contributed by atoms with Crippen LogP contribution in [0.5, 0.6) is 0 Å². The number of benzene rings is 1. The molecule has 0 aromatic heterocycles. The number of nitrogens with zero attached hydrogens (tertiary/aromatic N) is 2. The quantitative estimate of drug-likeness (QED) is 0.622. The summed E-state index contributed by atoms with van der Waals surface area (Å²) in [6.45, 7) is 2.61. The van der Waals surface area contributed by atoms with E-state index in [4.69, 9.17) is 0 Å². The number of rotatable bonds is 5. The van der Waals surface area contributed by atoms with E-state index < -0.39 is 26.5 Å². The highest BCUT2D eigenvalue weighted by Crippen LogP contribution is 2.29. The van der Waals surface area contributed by atoms with Crippen LogP contribution in [0.1, 0.15) is 18.4 Å². The van der Waals surface area contributed by atoms with Gasteiger partial charge in [0.25, 0.3) is 5.69 Å². The molecule has 0 bridgehead atoms. The fourth-order valence-electron chi connectivity index (χ4n) is 2.83. The molecular weight excluding hydrogens is 361 g/mol. The first-order valence-electron chi connectivity index (χ1n) is 7.36. The molecule has 1 unspecified atom stereocenters. The van der Waals surface area contributed by atoms with Crippen LogP contribution in [0, 0.1) is 28.8 Å². The molecule has 1 saturated heterocycles. The average molecular weight is 382 g/mol. The second-order valence-corrected chi connectivity index (χ2v) is 7.67. The predicted octanol–water partition coefficient (Wildman–Crippen LogP) is 2.08. The molecule has 0 radical (unpaired) electrons. The van der Waals surface area contributed by atoms with Gasteiger partial charge in [-0.2, -0.15) is 4.31 Å². The van der Waals surface area contributed by atoms with Crippen LogP contribution in [0.25, 0.3) is 0 Å². The Morgan fingerprint density at radius 3 is 2.71 bits per heavy atom. The van der Waals surface area contributed by atoms with Crippen LogP contribution in [0.2, 0.25) is 0 Å². The topological polar surface area (TPSA) is 92.6 Å². The normalized spacial score (nSPS) is 18.9. The van der Waals surface area contributed by atoms with Crippen molar-refractivity contribution in [1.82, 2.24) is 9.62 Å². The Bertz CT molecular complexity index is 712. The third-order valence-corrected chi connectivity index (χ3v) is 5.94. The van der Waals surface area contributed by atoms with Crippen molar-refractivity contribution in [2.24, 2.45) is 5.92 Å². The fraction of sp³-hybridized carbons (Fsp3) is 0.571. The van der Waals surface area contributed by atoms with Gasteiger partial charge in [0.2, 0.25) is 10.0 Å². The lowest BCUT2D eigenvalue weighted by atomic mass is 10.00. The van der Waals surface area contributed by atoms with Crippen LogP contribution in [0.4, 0.5) is 10.1 Å². The zero-order valence-corrected chi connectivity index (χ0v) is 15.1. The first-order valence-corrected chi connectivity index (χ1v) is 8.80. The van der Waals surface area contributed by atoms with E-state index in [0.29, 0.717) is 26.1 Å². The van der Waals surface area contributed by atoms with E-state index in [2.05, 4.69) is 5.32 Å². The van der Waals surface area contributed by atoms with Crippen molar-refractivity contribution in [2.75, 3.05) is 26.7 Å². The molecule has 2 rings (SSSR count). The van der Waals surface area contributed by atoms with Gasteiger partial charge in [0, 0.05) is 19.2 Å². The molecule has 136 valence electrons. The van der Waals surface area contributed by atoms with Gasteiger partial charge in [-0.15, -0.1) is 12.4 Å². The lowest BCUT2D eigenvalue weighted by molar-refractivity contribution is -0.385. The predicted molar refractivity (Wildman–Crippen MR) is 90.4 cm³/mol. The Balaban J connectivity index is 0.00000288. The summed E-state index contributed by atoms with van der Waals surface area (Å²) in [5, 5.41) is 14.0. The zero-order chi connectivity index (χ0) is 17.2. The molecule has 0 spiro atoms. The maximum absolute atomic E-state index is 13.9. The Morgan fingerprint density at radius 2 is 2.12 bits per heavy atom. The number of nitro groups is 1. The molecule has 1 N–H and O–H groups in total. The Labute approximate surface area is 146 Å². The van der Waals surface area contributed by atoms with Crippen molar-refractivity contribution >= 4 is 28.1 Å². The maximum Gasteiger partial charge on any atom is 0.276 e. The lowest BCUT2D eigenvalue weighted by Gasteiger charge is -2.31. The van der Waals surface area contributed by atoms with Crippen LogP contribution in [-0.2, 0) is 10.0 Å². The van der Waals surface area contributed by atoms with Crippen LogP contribution < -0.4 is 5.32 Å². The van der Waals surface area contributed by atoms with Gasteiger partial charge < -0.3 is 5.32 Å². The lowest BCUT2D eigenvalue weighted by Crippen LogP contribution is -2.42. The first-order chi connectivity index (χ1) is 10.8. The molecule has 1 atom stereocenters. The second kappa shape index (κ2) is 8.19. The molecule has 1 aliphatic heterocycles. The van der Waals surface area contributed by atoms with E-state index >= 15 is 0 Å². The molecule has 10 heteroatoms. The van der Waals surface area contributed by atoms with Gasteiger partial charge in [-0.1, -0.05) is 0 Å². The third-order valence-electron chi connectivity index (χ3n) is 4.10. The van der Waals surface area contributed by atoms with E-state index in [0.717, 1.165) is 18.6 Å². The number of halogens is 2. The zero-order valence-electron chi connectivity index (χ0n) is 13.5. The van der Waals surface area contributed by atoms with Crippen LogP contribution in [0.3, 0.4) is 0 Å². The van der Waals surface area contributed by atoms with Gasteiger partial charge >= 0.3 is 0 Å². The number of hydrogen-bond donors (Lipinski definition) is 1. The van der Waals surface area contributed by atoms with Gasteiger partial charge in [0.1, 0.15) is 5.82 Å². The molecule has 0 amide bonds. The van der Waals surface area contributed by atoms with E-state index in [-0.39, 0.29) is 28.8 Å². The molecule has 0 aliphatic carbocycles. The van der Waals surface area contributed by atoms with Crippen molar-refractivity contribution < 1.29 is 17.7 Å². The van der Waals surface area contributed by atoms with Gasteiger partial charge in [-0.05, 0) is 45.3 Å². The largest absolute Gasteiger partial charge is 0.319 e. The van der Waals surface area contributed by atoms with Crippen LogP contribution >= 0.6 is 12.4 Å². The molecule has 24 heavy (non-hydrogen) atoms. The number of hydrogen-bond acceptors (Lipinski definition) is 5. The van der Waals surface area contributed by atoms with E-state index in [1.807, 2.05) is 0 Å². The molecule has 7 nitrogen and oxygen atoms in total. The number of nitrogens with one attached hydrogen (secondary N) is 1. The van der Waals surface area contributed by atoms with Crippen molar-refractivity contribution in [2.45, 2.75) is 24.7 Å². The first kappa shape index (κ1) is 20.8. The minimum absolute atomic E-state index is 0. The van der Waals surface area contributed by atoms with Crippen molar-refractivity contribution in [3.05, 3.63) is 33.6 Å². The summed E-state index contributed by atoms with van der Waals surface area (Å²) < 4.78 is 40.6. The minimum Gasteiger partial charge on any atom is -0.319 e. The Morgan fingerprint density at radius 1 is 1.46 bits per heavy atom. The maximum atomic E-state index is 13.9. The SMILES string of the molecule is CNCC1CCCN(S(=O)(=O)c2cc(F)c(C)c([N+](=O)[O-])c2)C1.Cl. The molecular formula is C14H21ClFN3O4S. The van der Waals surface area contributed by atoms with Crippen molar-refractivity contribution in [1.29, 1.82) is 0 Å². The summed E-state index contributed by atoms with van der Waals surface area (Å²) in [7, 11) is -2.15. The number of piperidine rings is 1. The summed E-state index contributed by atoms with van der Waals surface area (Å²) in [5.74, 6) is -0.713. The minimum atomic E-state index is -3.95. The number of sulfonamides is 1. The summed E-state index contributed by atoms with van der Waals surface area (Å²) in [6.07, 6.45) is 1.62. The molecule has 1 aromatic rings. The molecule has 0 saturated carbocycles. The fourth-order valence-corrected chi connectivity index (χ4v) is 4.42. The molecule has 1 heterocycles. The van der Waals surface area contributed by atoms with Gasteiger partial charge in [0.05, 0.1) is 15.4 Å². The van der Waals surface area contributed by atoms with E-state index in [1.54, 1.807) is 7.05 Å². The highest BCUT2D eigenvalue weighted by molar-refractivity contribution is 7.89. The van der Waals surface area contributed by atoms with Crippen molar-refractivity contribution in [3.8, 4) is 0 Å². The molecule has 1 fully saturated rings. The van der Waals surface area contributed by atoms with Gasteiger partial charge in [-0.25, -0.2) is 12.8 Å². The van der Waals surface area contributed by atoms with Gasteiger partial charge in [0.15, 0.2) is 0 Å². The standard InChI is InChI=1S/C14H20FN3O4S.ClH/c1-10-13(15)6-12(7-14(10)18(19)20)23(21,22)17-5-3-4-11(9-17)8-16-2;/h6-7,11,16H,3-5,8-9H2,1-2H3;1H. The van der Waals surface area contributed by atoms with E-state index in [1.165, 1.54) is 11.2 Å². The van der Waals surface area contributed by atoms with E-state index in [9.17, 15) is 22.9 Å².